The lowest BCUT2D eigenvalue weighted by Gasteiger charge is -2.33. The number of aromatic nitrogens is 3. The van der Waals surface area contributed by atoms with Crippen LogP contribution in [0.1, 0.15) is 24.0 Å². The van der Waals surface area contributed by atoms with Crippen molar-refractivity contribution in [3.63, 3.8) is 0 Å². The Morgan fingerprint density at radius 1 is 1.16 bits per heavy atom. The third-order valence-electron chi connectivity index (χ3n) is 6.60. The zero-order chi connectivity index (χ0) is 25.9. The summed E-state index contributed by atoms with van der Waals surface area (Å²) in [5.41, 5.74) is 4.34. The molecule has 2 aromatic heterocycles. The van der Waals surface area contributed by atoms with Crippen LogP contribution in [-0.4, -0.2) is 45.2 Å². The second-order valence-electron chi connectivity index (χ2n) is 9.32. The number of benzene rings is 2. The first-order valence-electron chi connectivity index (χ1n) is 12.2. The van der Waals surface area contributed by atoms with Gasteiger partial charge >= 0.3 is 6.03 Å². The fraction of sp³-hybridized carbons (Fsp3) is 0.296. The summed E-state index contributed by atoms with van der Waals surface area (Å²) < 4.78 is 2.59. The quantitative estimate of drug-likeness (QED) is 0.255. The number of likely N-dealkylation sites (tertiary alicyclic amines) is 1. The summed E-state index contributed by atoms with van der Waals surface area (Å²) in [5.74, 6) is 1.12. The van der Waals surface area contributed by atoms with Crippen molar-refractivity contribution in [2.75, 3.05) is 25.0 Å². The average Bonchev–Trinajstić information content (AvgIpc) is 3.27. The summed E-state index contributed by atoms with van der Waals surface area (Å²) in [5, 5.41) is 12.4. The zero-order valence-electron chi connectivity index (χ0n) is 20.3. The Labute approximate surface area is 234 Å². The summed E-state index contributed by atoms with van der Waals surface area (Å²) in [6.07, 6.45) is 3.72. The van der Waals surface area contributed by atoms with E-state index in [9.17, 15) is 4.79 Å². The van der Waals surface area contributed by atoms with E-state index in [1.165, 1.54) is 0 Å². The van der Waals surface area contributed by atoms with Gasteiger partial charge in [0.1, 0.15) is 5.82 Å². The number of hydrogen-bond acceptors (Lipinski definition) is 4. The lowest BCUT2D eigenvalue weighted by atomic mass is 9.98. The molecule has 10 heteroatoms. The number of halogens is 3. The van der Waals surface area contributed by atoms with Crippen LogP contribution >= 0.6 is 39.1 Å². The predicted octanol–water partition coefficient (Wildman–Crippen LogP) is 6.81. The number of nitrogens with zero attached hydrogens (tertiary/aromatic N) is 4. The van der Waals surface area contributed by atoms with Gasteiger partial charge < -0.3 is 15.5 Å². The molecule has 0 aliphatic carbocycles. The number of rotatable bonds is 6. The molecule has 2 aromatic carbocycles. The Hall–Kier alpha value is -2.81. The number of carbonyl (C=O) groups excluding carboxylic acids is 1. The van der Waals surface area contributed by atoms with E-state index in [2.05, 4.69) is 31.7 Å². The third kappa shape index (κ3) is 5.87. The van der Waals surface area contributed by atoms with Gasteiger partial charge in [-0.25, -0.2) is 9.78 Å². The molecule has 4 aromatic rings. The van der Waals surface area contributed by atoms with Crippen LogP contribution in [0.5, 0.6) is 0 Å². The molecule has 1 aliphatic rings. The van der Waals surface area contributed by atoms with E-state index >= 15 is 0 Å². The van der Waals surface area contributed by atoms with Gasteiger partial charge in [0, 0.05) is 47.9 Å². The fourth-order valence-corrected chi connectivity index (χ4v) is 5.49. The predicted molar refractivity (Wildman–Crippen MR) is 152 cm³/mol. The Balaban J connectivity index is 1.26. The van der Waals surface area contributed by atoms with Crippen LogP contribution in [0.3, 0.4) is 0 Å². The summed E-state index contributed by atoms with van der Waals surface area (Å²) in [4.78, 5) is 19.6. The first kappa shape index (κ1) is 25.8. The van der Waals surface area contributed by atoms with E-state index < -0.39 is 0 Å². The van der Waals surface area contributed by atoms with Crippen molar-refractivity contribution in [2.45, 2.75) is 26.3 Å². The maximum Gasteiger partial charge on any atom is 0.317 e. The molecule has 1 fully saturated rings. The SMILES string of the molecule is Cc1ccc(CNC(=O)N2CCCC(CNc3cc(-c4ccccc4Cl)nc4c(Br)cnn34)C2)c(Cl)c1. The highest BCUT2D eigenvalue weighted by Crippen LogP contribution is 2.30. The molecule has 2 amide bonds. The largest absolute Gasteiger partial charge is 0.370 e. The summed E-state index contributed by atoms with van der Waals surface area (Å²) in [7, 11) is 0. The van der Waals surface area contributed by atoms with E-state index in [4.69, 9.17) is 28.2 Å². The molecule has 5 rings (SSSR count). The Morgan fingerprint density at radius 3 is 2.81 bits per heavy atom. The van der Waals surface area contributed by atoms with E-state index in [1.807, 2.05) is 60.4 Å². The van der Waals surface area contributed by atoms with Gasteiger partial charge in [0.05, 0.1) is 16.4 Å². The monoisotopic (exact) mass is 600 g/mol. The molecule has 1 saturated heterocycles. The standard InChI is InChI=1S/C27H27BrCl2N6O/c1-17-8-9-19(23(30)11-17)14-32-27(37)35-10-4-5-18(16-35)13-31-25-12-24(20-6-2-3-7-22(20)29)34-26-21(28)15-33-36(25)26/h2-3,6-9,11-12,15,18,31H,4-5,10,13-14,16H2,1H3,(H,32,37). The number of nitrogens with one attached hydrogen (secondary N) is 2. The molecular weight excluding hydrogens is 575 g/mol. The summed E-state index contributed by atoms with van der Waals surface area (Å²) in [6, 6.07) is 15.4. The maximum atomic E-state index is 12.9. The van der Waals surface area contributed by atoms with Crippen LogP contribution in [0.2, 0.25) is 10.0 Å². The highest BCUT2D eigenvalue weighted by atomic mass is 79.9. The van der Waals surface area contributed by atoms with E-state index in [-0.39, 0.29) is 6.03 Å². The molecular formula is C27H27BrCl2N6O. The van der Waals surface area contributed by atoms with Gasteiger partial charge in [0.15, 0.2) is 5.65 Å². The minimum absolute atomic E-state index is 0.0651. The van der Waals surface area contributed by atoms with Crippen LogP contribution in [0, 0.1) is 12.8 Å². The van der Waals surface area contributed by atoms with Gasteiger partial charge in [-0.3, -0.25) is 0 Å². The fourth-order valence-electron chi connectivity index (χ4n) is 4.61. The van der Waals surface area contributed by atoms with Gasteiger partial charge in [0.2, 0.25) is 0 Å². The number of carbonyl (C=O) groups is 1. The first-order valence-corrected chi connectivity index (χ1v) is 13.7. The molecule has 1 atom stereocenters. The topological polar surface area (TPSA) is 74.6 Å². The number of hydrogen-bond donors (Lipinski definition) is 2. The second-order valence-corrected chi connectivity index (χ2v) is 11.0. The molecule has 1 unspecified atom stereocenters. The molecule has 3 heterocycles. The Morgan fingerprint density at radius 2 is 2.00 bits per heavy atom. The number of aryl methyl sites for hydroxylation is 1. The molecule has 2 N–H and O–H groups in total. The van der Waals surface area contributed by atoms with Crippen molar-refractivity contribution in [3.8, 4) is 11.3 Å². The first-order chi connectivity index (χ1) is 17.9. The van der Waals surface area contributed by atoms with E-state index in [0.717, 1.165) is 52.1 Å². The molecule has 0 bridgehead atoms. The number of anilines is 1. The average molecular weight is 602 g/mol. The Kier molecular flexibility index (Phi) is 7.88. The smallest absolute Gasteiger partial charge is 0.317 e. The molecule has 192 valence electrons. The van der Waals surface area contributed by atoms with E-state index in [1.54, 1.807) is 10.7 Å². The summed E-state index contributed by atoms with van der Waals surface area (Å²) >= 11 is 16.3. The molecule has 0 radical (unpaired) electrons. The van der Waals surface area contributed by atoms with Crippen LogP contribution in [0.25, 0.3) is 16.9 Å². The maximum absolute atomic E-state index is 12.9. The normalized spacial score (nSPS) is 15.7. The van der Waals surface area contributed by atoms with Gasteiger partial charge in [-0.15, -0.1) is 0 Å². The van der Waals surface area contributed by atoms with Gasteiger partial charge in [-0.05, 0) is 64.9 Å². The molecule has 0 saturated carbocycles. The number of urea groups is 1. The van der Waals surface area contributed by atoms with Crippen molar-refractivity contribution < 1.29 is 4.79 Å². The second kappa shape index (κ2) is 11.3. The van der Waals surface area contributed by atoms with Crippen LogP contribution < -0.4 is 10.6 Å². The van der Waals surface area contributed by atoms with Crippen molar-refractivity contribution in [2.24, 2.45) is 5.92 Å². The highest BCUT2D eigenvalue weighted by molar-refractivity contribution is 9.10. The summed E-state index contributed by atoms with van der Waals surface area (Å²) in [6.45, 7) is 4.52. The highest BCUT2D eigenvalue weighted by Gasteiger charge is 2.24. The lowest BCUT2D eigenvalue weighted by Crippen LogP contribution is -2.46. The molecule has 1 aliphatic heterocycles. The van der Waals surface area contributed by atoms with Crippen molar-refractivity contribution >= 4 is 56.6 Å². The Bertz CT molecular complexity index is 1440. The van der Waals surface area contributed by atoms with Crippen molar-refractivity contribution in [1.82, 2.24) is 24.8 Å². The van der Waals surface area contributed by atoms with Gasteiger partial charge in [0.25, 0.3) is 0 Å². The number of piperidine rings is 1. The number of fused-ring (bicyclic) bond motifs is 1. The zero-order valence-corrected chi connectivity index (χ0v) is 23.4. The van der Waals surface area contributed by atoms with E-state index in [0.29, 0.717) is 41.2 Å². The van der Waals surface area contributed by atoms with Crippen molar-refractivity contribution in [1.29, 1.82) is 0 Å². The number of amides is 2. The molecule has 0 spiro atoms. The lowest BCUT2D eigenvalue weighted by molar-refractivity contribution is 0.168. The minimum atomic E-state index is -0.0651. The minimum Gasteiger partial charge on any atom is -0.370 e. The van der Waals surface area contributed by atoms with Crippen LogP contribution in [0.15, 0.2) is 59.2 Å². The van der Waals surface area contributed by atoms with Gasteiger partial charge in [-0.1, -0.05) is 53.5 Å². The third-order valence-corrected chi connectivity index (χ3v) is 7.84. The van der Waals surface area contributed by atoms with Crippen LogP contribution in [-0.2, 0) is 6.54 Å². The van der Waals surface area contributed by atoms with Crippen molar-refractivity contribution in [3.05, 3.63) is 80.4 Å². The van der Waals surface area contributed by atoms with Gasteiger partial charge in [-0.2, -0.15) is 9.61 Å². The molecule has 7 nitrogen and oxygen atoms in total. The molecule has 37 heavy (non-hydrogen) atoms. The van der Waals surface area contributed by atoms with Crippen LogP contribution in [0.4, 0.5) is 10.6 Å².